The number of nitrogens with two attached hydrogens (primary N) is 1. The van der Waals surface area contributed by atoms with E-state index in [1.54, 1.807) is 0 Å². The minimum Gasteiger partial charge on any atom is -0.398 e. The lowest BCUT2D eigenvalue weighted by Gasteiger charge is -2.23. The van der Waals surface area contributed by atoms with E-state index in [1.165, 1.54) is 11.1 Å². The minimum atomic E-state index is 0.424. The van der Waals surface area contributed by atoms with Crippen molar-refractivity contribution in [3.05, 3.63) is 29.3 Å². The Kier molecular flexibility index (Phi) is 3.53. The SMILES string of the molecule is CCc1c(N)cccc1C(C)N(C)C. The summed E-state index contributed by atoms with van der Waals surface area (Å²) in [5.74, 6) is 0. The van der Waals surface area contributed by atoms with Crippen LogP contribution in [0.3, 0.4) is 0 Å². The van der Waals surface area contributed by atoms with Gasteiger partial charge in [-0.05, 0) is 44.6 Å². The number of rotatable bonds is 3. The van der Waals surface area contributed by atoms with Crippen molar-refractivity contribution < 1.29 is 0 Å². The van der Waals surface area contributed by atoms with E-state index in [4.69, 9.17) is 5.73 Å². The minimum absolute atomic E-state index is 0.424. The molecular formula is C12H20N2. The Bertz CT molecular complexity index is 305. The van der Waals surface area contributed by atoms with Crippen molar-refractivity contribution >= 4 is 5.69 Å². The summed E-state index contributed by atoms with van der Waals surface area (Å²) in [5.41, 5.74) is 9.50. The van der Waals surface area contributed by atoms with Crippen LogP contribution in [0.2, 0.25) is 0 Å². The lowest BCUT2D eigenvalue weighted by Crippen LogP contribution is -2.18. The largest absolute Gasteiger partial charge is 0.398 e. The van der Waals surface area contributed by atoms with Crippen molar-refractivity contribution in [2.24, 2.45) is 0 Å². The number of hydrogen-bond donors (Lipinski definition) is 1. The van der Waals surface area contributed by atoms with Gasteiger partial charge < -0.3 is 10.6 Å². The molecule has 14 heavy (non-hydrogen) atoms. The zero-order valence-corrected chi connectivity index (χ0v) is 9.54. The van der Waals surface area contributed by atoms with Crippen molar-refractivity contribution in [1.82, 2.24) is 4.90 Å². The predicted octanol–water partition coefficient (Wildman–Crippen LogP) is 2.45. The Morgan fingerprint density at radius 3 is 2.50 bits per heavy atom. The van der Waals surface area contributed by atoms with Gasteiger partial charge in [0.05, 0.1) is 0 Å². The second-order valence-electron chi connectivity index (χ2n) is 3.91. The average molecular weight is 192 g/mol. The maximum atomic E-state index is 5.95. The summed E-state index contributed by atoms with van der Waals surface area (Å²) in [6.07, 6.45) is 1.00. The van der Waals surface area contributed by atoms with Crippen LogP contribution in [-0.4, -0.2) is 19.0 Å². The van der Waals surface area contributed by atoms with Crippen molar-refractivity contribution in [3.8, 4) is 0 Å². The molecule has 2 nitrogen and oxygen atoms in total. The van der Waals surface area contributed by atoms with Crippen LogP contribution in [-0.2, 0) is 6.42 Å². The molecule has 0 aliphatic carbocycles. The average Bonchev–Trinajstić information content (AvgIpc) is 2.16. The van der Waals surface area contributed by atoms with Gasteiger partial charge >= 0.3 is 0 Å². The molecule has 0 fully saturated rings. The summed E-state index contributed by atoms with van der Waals surface area (Å²) < 4.78 is 0. The number of hydrogen-bond acceptors (Lipinski definition) is 2. The number of benzene rings is 1. The van der Waals surface area contributed by atoms with Gasteiger partial charge in [-0.25, -0.2) is 0 Å². The third kappa shape index (κ3) is 2.07. The Labute approximate surface area is 86.7 Å². The summed E-state index contributed by atoms with van der Waals surface area (Å²) in [6, 6.07) is 6.60. The molecule has 1 aromatic carbocycles. The first-order valence-electron chi connectivity index (χ1n) is 5.11. The Morgan fingerprint density at radius 1 is 1.36 bits per heavy atom. The van der Waals surface area contributed by atoms with Crippen LogP contribution >= 0.6 is 0 Å². The predicted molar refractivity (Wildman–Crippen MR) is 62.3 cm³/mol. The smallest absolute Gasteiger partial charge is 0.0349 e. The monoisotopic (exact) mass is 192 g/mol. The molecule has 0 saturated carbocycles. The Hall–Kier alpha value is -1.02. The van der Waals surface area contributed by atoms with Crippen LogP contribution in [0, 0.1) is 0 Å². The van der Waals surface area contributed by atoms with E-state index in [1.807, 2.05) is 12.1 Å². The molecule has 0 heterocycles. The molecule has 0 radical (unpaired) electrons. The van der Waals surface area contributed by atoms with Gasteiger partial charge in [-0.1, -0.05) is 19.1 Å². The van der Waals surface area contributed by atoms with E-state index in [0.717, 1.165) is 12.1 Å². The highest BCUT2D eigenvalue weighted by Gasteiger charge is 2.12. The molecule has 2 N–H and O–H groups in total. The fourth-order valence-corrected chi connectivity index (χ4v) is 1.70. The van der Waals surface area contributed by atoms with Gasteiger partial charge in [-0.2, -0.15) is 0 Å². The topological polar surface area (TPSA) is 29.3 Å². The van der Waals surface area contributed by atoms with Gasteiger partial charge in [0.1, 0.15) is 0 Å². The molecule has 0 saturated heterocycles. The third-order valence-electron chi connectivity index (χ3n) is 2.83. The summed E-state index contributed by atoms with van der Waals surface area (Å²) >= 11 is 0. The highest BCUT2D eigenvalue weighted by molar-refractivity contribution is 5.51. The zero-order valence-electron chi connectivity index (χ0n) is 9.54. The zero-order chi connectivity index (χ0) is 10.7. The molecule has 1 unspecified atom stereocenters. The molecule has 0 bridgehead atoms. The number of nitrogens with zero attached hydrogens (tertiary/aromatic N) is 1. The molecule has 0 spiro atoms. The molecule has 1 atom stereocenters. The highest BCUT2D eigenvalue weighted by Crippen LogP contribution is 2.26. The van der Waals surface area contributed by atoms with Gasteiger partial charge in [0, 0.05) is 11.7 Å². The van der Waals surface area contributed by atoms with Crippen LogP contribution in [0.25, 0.3) is 0 Å². The van der Waals surface area contributed by atoms with Crippen molar-refractivity contribution in [3.63, 3.8) is 0 Å². The molecule has 0 aliphatic heterocycles. The van der Waals surface area contributed by atoms with Gasteiger partial charge in [0.15, 0.2) is 0 Å². The molecule has 1 rings (SSSR count). The van der Waals surface area contributed by atoms with Crippen LogP contribution in [0.1, 0.15) is 31.0 Å². The van der Waals surface area contributed by atoms with Crippen LogP contribution in [0.15, 0.2) is 18.2 Å². The van der Waals surface area contributed by atoms with E-state index < -0.39 is 0 Å². The van der Waals surface area contributed by atoms with Gasteiger partial charge in [0.25, 0.3) is 0 Å². The number of anilines is 1. The first-order chi connectivity index (χ1) is 6.57. The summed E-state index contributed by atoms with van der Waals surface area (Å²) in [6.45, 7) is 4.35. The molecule has 78 valence electrons. The fourth-order valence-electron chi connectivity index (χ4n) is 1.70. The Balaban J connectivity index is 3.13. The number of nitrogen functional groups attached to an aromatic ring is 1. The normalized spacial score (nSPS) is 13.2. The first kappa shape index (κ1) is 11.1. The Morgan fingerprint density at radius 2 is 2.00 bits per heavy atom. The maximum Gasteiger partial charge on any atom is 0.0349 e. The standard InChI is InChI=1S/C12H20N2/c1-5-10-11(9(2)14(3)4)7-6-8-12(10)13/h6-9H,5,13H2,1-4H3. The van der Waals surface area contributed by atoms with E-state index in [-0.39, 0.29) is 0 Å². The lowest BCUT2D eigenvalue weighted by molar-refractivity contribution is 0.320. The first-order valence-corrected chi connectivity index (χ1v) is 5.11. The second-order valence-corrected chi connectivity index (χ2v) is 3.91. The summed E-state index contributed by atoms with van der Waals surface area (Å²) in [4.78, 5) is 2.20. The molecule has 1 aromatic rings. The van der Waals surface area contributed by atoms with Crippen molar-refractivity contribution in [2.75, 3.05) is 19.8 Å². The lowest BCUT2D eigenvalue weighted by atomic mass is 9.97. The molecule has 2 heteroatoms. The molecule has 0 aromatic heterocycles. The van der Waals surface area contributed by atoms with Gasteiger partial charge in [-0.15, -0.1) is 0 Å². The highest BCUT2D eigenvalue weighted by atomic mass is 15.1. The molecule has 0 amide bonds. The second kappa shape index (κ2) is 4.47. The third-order valence-corrected chi connectivity index (χ3v) is 2.83. The van der Waals surface area contributed by atoms with Crippen LogP contribution < -0.4 is 5.73 Å². The summed E-state index contributed by atoms with van der Waals surface area (Å²) in [5, 5.41) is 0. The van der Waals surface area contributed by atoms with E-state index >= 15 is 0 Å². The summed E-state index contributed by atoms with van der Waals surface area (Å²) in [7, 11) is 4.18. The van der Waals surface area contributed by atoms with Crippen LogP contribution in [0.4, 0.5) is 5.69 Å². The van der Waals surface area contributed by atoms with E-state index in [0.29, 0.717) is 6.04 Å². The molecular weight excluding hydrogens is 172 g/mol. The van der Waals surface area contributed by atoms with E-state index in [2.05, 4.69) is 38.9 Å². The van der Waals surface area contributed by atoms with Gasteiger partial charge in [-0.3, -0.25) is 0 Å². The maximum absolute atomic E-state index is 5.95. The quantitative estimate of drug-likeness (QED) is 0.745. The molecule has 0 aliphatic rings. The fraction of sp³-hybridized carbons (Fsp3) is 0.500. The van der Waals surface area contributed by atoms with Crippen molar-refractivity contribution in [2.45, 2.75) is 26.3 Å². The van der Waals surface area contributed by atoms with Crippen molar-refractivity contribution in [1.29, 1.82) is 0 Å². The van der Waals surface area contributed by atoms with Gasteiger partial charge in [0.2, 0.25) is 0 Å². The van der Waals surface area contributed by atoms with E-state index in [9.17, 15) is 0 Å². The van der Waals surface area contributed by atoms with Crippen LogP contribution in [0.5, 0.6) is 0 Å².